The van der Waals surface area contributed by atoms with Crippen molar-refractivity contribution in [3.8, 4) is 0 Å². The van der Waals surface area contributed by atoms with Gasteiger partial charge < -0.3 is 5.32 Å². The van der Waals surface area contributed by atoms with Crippen LogP contribution in [0.15, 0.2) is 36.9 Å². The summed E-state index contributed by atoms with van der Waals surface area (Å²) in [6.45, 7) is 0.597. The van der Waals surface area contributed by atoms with Gasteiger partial charge in [0.05, 0.1) is 11.8 Å². The lowest BCUT2D eigenvalue weighted by atomic mass is 10.2. The second-order valence-corrected chi connectivity index (χ2v) is 3.77. The fourth-order valence-corrected chi connectivity index (χ4v) is 1.51. The Labute approximate surface area is 99.5 Å². The fourth-order valence-electron chi connectivity index (χ4n) is 1.51. The zero-order valence-corrected chi connectivity index (χ0v) is 9.63. The summed E-state index contributed by atoms with van der Waals surface area (Å²) in [5, 5.41) is 6.79. The standard InChI is InChI=1S/C12H14N4O/c1-16-9-11(8-15-16)12(17)14-6-4-10-3-2-5-13-7-10/h2-3,5,7-9H,4,6H2,1H3,(H,14,17). The molecule has 2 aromatic rings. The molecule has 0 aromatic carbocycles. The summed E-state index contributed by atoms with van der Waals surface area (Å²) in [5.41, 5.74) is 1.69. The number of aryl methyl sites for hydroxylation is 1. The number of carbonyl (C=O) groups excluding carboxylic acids is 1. The highest BCUT2D eigenvalue weighted by Crippen LogP contribution is 1.98. The monoisotopic (exact) mass is 230 g/mol. The summed E-state index contributed by atoms with van der Waals surface area (Å²) >= 11 is 0. The number of aromatic nitrogens is 3. The van der Waals surface area contributed by atoms with E-state index in [2.05, 4.69) is 15.4 Å². The molecule has 0 saturated carbocycles. The van der Waals surface area contributed by atoms with Gasteiger partial charge in [-0.15, -0.1) is 0 Å². The zero-order chi connectivity index (χ0) is 12.1. The molecule has 0 aliphatic rings. The molecule has 0 atom stereocenters. The molecule has 0 aliphatic heterocycles. The normalized spacial score (nSPS) is 10.2. The molecule has 5 heteroatoms. The topological polar surface area (TPSA) is 59.8 Å². The Hall–Kier alpha value is -2.17. The maximum absolute atomic E-state index is 11.7. The highest BCUT2D eigenvalue weighted by atomic mass is 16.1. The first-order chi connectivity index (χ1) is 8.25. The van der Waals surface area contributed by atoms with E-state index in [0.717, 1.165) is 12.0 Å². The summed E-state index contributed by atoms with van der Waals surface area (Å²) in [7, 11) is 1.78. The minimum absolute atomic E-state index is 0.0954. The van der Waals surface area contributed by atoms with Gasteiger partial charge in [0, 0.05) is 32.2 Å². The number of hydrogen-bond donors (Lipinski definition) is 1. The Morgan fingerprint density at radius 1 is 1.47 bits per heavy atom. The van der Waals surface area contributed by atoms with Crippen molar-refractivity contribution >= 4 is 5.91 Å². The summed E-state index contributed by atoms with van der Waals surface area (Å²) in [4.78, 5) is 15.7. The van der Waals surface area contributed by atoms with Crippen molar-refractivity contribution in [2.45, 2.75) is 6.42 Å². The molecule has 88 valence electrons. The third-order valence-corrected chi connectivity index (χ3v) is 2.39. The predicted molar refractivity (Wildman–Crippen MR) is 63.5 cm³/mol. The van der Waals surface area contributed by atoms with E-state index in [1.807, 2.05) is 12.1 Å². The number of pyridine rings is 1. The Morgan fingerprint density at radius 3 is 3.00 bits per heavy atom. The van der Waals surface area contributed by atoms with Crippen molar-refractivity contribution in [2.24, 2.45) is 7.05 Å². The fraction of sp³-hybridized carbons (Fsp3) is 0.250. The quantitative estimate of drug-likeness (QED) is 0.844. The van der Waals surface area contributed by atoms with Gasteiger partial charge in [0.1, 0.15) is 0 Å². The third kappa shape index (κ3) is 3.14. The van der Waals surface area contributed by atoms with Crippen LogP contribution in [0.25, 0.3) is 0 Å². The van der Waals surface area contributed by atoms with Crippen LogP contribution in [0.1, 0.15) is 15.9 Å². The molecule has 0 saturated heterocycles. The van der Waals surface area contributed by atoms with Crippen molar-refractivity contribution < 1.29 is 4.79 Å². The van der Waals surface area contributed by atoms with Crippen LogP contribution in [0, 0.1) is 0 Å². The van der Waals surface area contributed by atoms with Crippen LogP contribution in [-0.4, -0.2) is 27.2 Å². The van der Waals surface area contributed by atoms with E-state index < -0.39 is 0 Å². The molecule has 0 aliphatic carbocycles. The average Bonchev–Trinajstić information content (AvgIpc) is 2.77. The molecule has 2 aromatic heterocycles. The molecular weight excluding hydrogens is 216 g/mol. The number of rotatable bonds is 4. The molecule has 0 bridgehead atoms. The van der Waals surface area contributed by atoms with Crippen LogP contribution in [-0.2, 0) is 13.5 Å². The Morgan fingerprint density at radius 2 is 2.35 bits per heavy atom. The van der Waals surface area contributed by atoms with Crippen LogP contribution in [0.4, 0.5) is 0 Å². The van der Waals surface area contributed by atoms with Crippen LogP contribution in [0.2, 0.25) is 0 Å². The van der Waals surface area contributed by atoms with Gasteiger partial charge in [0.15, 0.2) is 0 Å². The van der Waals surface area contributed by atoms with Crippen molar-refractivity contribution in [1.82, 2.24) is 20.1 Å². The number of nitrogens with zero attached hydrogens (tertiary/aromatic N) is 3. The molecule has 1 N–H and O–H groups in total. The van der Waals surface area contributed by atoms with Gasteiger partial charge in [-0.05, 0) is 18.1 Å². The Balaban J connectivity index is 1.81. The summed E-state index contributed by atoms with van der Waals surface area (Å²) in [6.07, 6.45) is 7.56. The molecule has 0 fully saturated rings. The first-order valence-corrected chi connectivity index (χ1v) is 5.41. The summed E-state index contributed by atoms with van der Waals surface area (Å²) in [5.74, 6) is -0.0954. The van der Waals surface area contributed by atoms with Crippen LogP contribution in [0.5, 0.6) is 0 Å². The number of nitrogens with one attached hydrogen (secondary N) is 1. The van der Waals surface area contributed by atoms with Gasteiger partial charge in [-0.2, -0.15) is 5.10 Å². The largest absolute Gasteiger partial charge is 0.352 e. The van der Waals surface area contributed by atoms with Gasteiger partial charge in [-0.3, -0.25) is 14.5 Å². The molecule has 0 radical (unpaired) electrons. The minimum Gasteiger partial charge on any atom is -0.352 e. The zero-order valence-electron chi connectivity index (χ0n) is 9.63. The van der Waals surface area contributed by atoms with E-state index in [1.165, 1.54) is 0 Å². The lowest BCUT2D eigenvalue weighted by Gasteiger charge is -2.03. The molecule has 5 nitrogen and oxygen atoms in total. The van der Waals surface area contributed by atoms with E-state index in [-0.39, 0.29) is 5.91 Å². The summed E-state index contributed by atoms with van der Waals surface area (Å²) in [6, 6.07) is 3.88. The van der Waals surface area contributed by atoms with Crippen LogP contribution < -0.4 is 5.32 Å². The Bertz CT molecular complexity index is 492. The van der Waals surface area contributed by atoms with Crippen LogP contribution in [0.3, 0.4) is 0 Å². The van der Waals surface area contributed by atoms with Gasteiger partial charge >= 0.3 is 0 Å². The van der Waals surface area contributed by atoms with Crippen molar-refractivity contribution in [3.63, 3.8) is 0 Å². The third-order valence-electron chi connectivity index (χ3n) is 2.39. The number of amides is 1. The van der Waals surface area contributed by atoms with Crippen molar-refractivity contribution in [1.29, 1.82) is 0 Å². The first-order valence-electron chi connectivity index (χ1n) is 5.41. The van der Waals surface area contributed by atoms with Gasteiger partial charge in [0.25, 0.3) is 5.91 Å². The highest BCUT2D eigenvalue weighted by molar-refractivity contribution is 5.93. The maximum atomic E-state index is 11.7. The van der Waals surface area contributed by atoms with E-state index in [9.17, 15) is 4.79 Å². The average molecular weight is 230 g/mol. The Kier molecular flexibility index (Phi) is 3.49. The van der Waals surface area contributed by atoms with Crippen molar-refractivity contribution in [2.75, 3.05) is 6.54 Å². The van der Waals surface area contributed by atoms with Crippen LogP contribution >= 0.6 is 0 Å². The molecule has 17 heavy (non-hydrogen) atoms. The maximum Gasteiger partial charge on any atom is 0.254 e. The molecule has 2 heterocycles. The molecule has 1 amide bonds. The SMILES string of the molecule is Cn1cc(C(=O)NCCc2cccnc2)cn1. The number of hydrogen-bond acceptors (Lipinski definition) is 3. The van der Waals surface area contributed by atoms with E-state index in [4.69, 9.17) is 0 Å². The van der Waals surface area contributed by atoms with E-state index in [1.54, 1.807) is 36.5 Å². The second kappa shape index (κ2) is 5.25. The lowest BCUT2D eigenvalue weighted by Crippen LogP contribution is -2.25. The van der Waals surface area contributed by atoms with Gasteiger partial charge in [-0.1, -0.05) is 6.07 Å². The van der Waals surface area contributed by atoms with Crippen molar-refractivity contribution in [3.05, 3.63) is 48.0 Å². The molecule has 2 rings (SSSR count). The van der Waals surface area contributed by atoms with E-state index >= 15 is 0 Å². The second-order valence-electron chi connectivity index (χ2n) is 3.77. The smallest absolute Gasteiger partial charge is 0.254 e. The lowest BCUT2D eigenvalue weighted by molar-refractivity contribution is 0.0954. The molecule has 0 spiro atoms. The molecular formula is C12H14N4O. The highest BCUT2D eigenvalue weighted by Gasteiger charge is 2.06. The molecule has 0 unspecified atom stereocenters. The van der Waals surface area contributed by atoms with Gasteiger partial charge in [-0.25, -0.2) is 0 Å². The first kappa shape index (κ1) is 11.3. The minimum atomic E-state index is -0.0954. The van der Waals surface area contributed by atoms with Gasteiger partial charge in [0.2, 0.25) is 0 Å². The summed E-state index contributed by atoms with van der Waals surface area (Å²) < 4.78 is 1.61. The number of carbonyl (C=O) groups is 1. The van der Waals surface area contributed by atoms with E-state index in [0.29, 0.717) is 12.1 Å². The predicted octanol–water partition coefficient (Wildman–Crippen LogP) is 0.788.